The smallest absolute Gasteiger partial charge is 0.300 e. The quantitative estimate of drug-likeness (QED) is 0.285. The SMILES string of the molecule is CCOc1ccc(/C(O)=C2\C(=O)C(=O)N(c3ccc(F)c(Cl)c3)C2c2ccccc2OC)cc1. The highest BCUT2D eigenvalue weighted by Gasteiger charge is 2.48. The van der Waals surface area contributed by atoms with E-state index >= 15 is 0 Å². The molecule has 1 atom stereocenters. The third kappa shape index (κ3) is 4.10. The van der Waals surface area contributed by atoms with Crippen LogP contribution in [-0.4, -0.2) is 30.5 Å². The minimum atomic E-state index is -1.04. The molecule has 1 heterocycles. The van der Waals surface area contributed by atoms with Crippen molar-refractivity contribution in [3.8, 4) is 11.5 Å². The average molecular weight is 482 g/mol. The molecular weight excluding hydrogens is 461 g/mol. The van der Waals surface area contributed by atoms with E-state index in [-0.39, 0.29) is 22.0 Å². The van der Waals surface area contributed by atoms with Crippen molar-refractivity contribution < 1.29 is 28.6 Å². The monoisotopic (exact) mass is 481 g/mol. The van der Waals surface area contributed by atoms with Gasteiger partial charge in [-0.2, -0.15) is 0 Å². The van der Waals surface area contributed by atoms with Crippen molar-refractivity contribution in [3.05, 3.63) is 94.3 Å². The fourth-order valence-corrected chi connectivity index (χ4v) is 4.13. The zero-order valence-corrected chi connectivity index (χ0v) is 19.2. The molecule has 1 saturated heterocycles. The second kappa shape index (κ2) is 9.57. The number of carbonyl (C=O) groups is 2. The van der Waals surface area contributed by atoms with E-state index in [2.05, 4.69) is 0 Å². The fraction of sp³-hybridized carbons (Fsp3) is 0.154. The van der Waals surface area contributed by atoms with Gasteiger partial charge in [0.2, 0.25) is 0 Å². The second-order valence-electron chi connectivity index (χ2n) is 7.47. The number of amides is 1. The Bertz CT molecular complexity index is 1290. The maximum Gasteiger partial charge on any atom is 0.300 e. The number of hydrogen-bond acceptors (Lipinski definition) is 5. The normalized spacial score (nSPS) is 17.2. The van der Waals surface area contributed by atoms with E-state index in [9.17, 15) is 19.1 Å². The molecule has 1 N–H and O–H groups in total. The molecule has 0 saturated carbocycles. The number of methoxy groups -OCH3 is 1. The molecule has 1 fully saturated rings. The third-order valence-electron chi connectivity index (χ3n) is 5.50. The molecule has 3 aromatic rings. The number of nitrogens with zero attached hydrogens (tertiary/aromatic N) is 1. The number of rotatable bonds is 6. The minimum absolute atomic E-state index is 0.126. The van der Waals surface area contributed by atoms with Crippen LogP contribution in [0.4, 0.5) is 10.1 Å². The number of benzene rings is 3. The first-order valence-electron chi connectivity index (χ1n) is 10.5. The summed E-state index contributed by atoms with van der Waals surface area (Å²) in [5.41, 5.74) is 0.880. The van der Waals surface area contributed by atoms with Crippen LogP contribution in [0.5, 0.6) is 11.5 Å². The lowest BCUT2D eigenvalue weighted by Gasteiger charge is -2.26. The maximum atomic E-state index is 13.8. The summed E-state index contributed by atoms with van der Waals surface area (Å²) in [5, 5.41) is 11.0. The van der Waals surface area contributed by atoms with Crippen LogP contribution in [-0.2, 0) is 9.59 Å². The van der Waals surface area contributed by atoms with Gasteiger partial charge in [0, 0.05) is 16.8 Å². The van der Waals surface area contributed by atoms with Gasteiger partial charge in [-0.3, -0.25) is 14.5 Å². The van der Waals surface area contributed by atoms with Crippen LogP contribution in [0.25, 0.3) is 5.76 Å². The number of aliphatic hydroxyl groups excluding tert-OH is 1. The van der Waals surface area contributed by atoms with Crippen molar-refractivity contribution in [2.24, 2.45) is 0 Å². The Balaban J connectivity index is 1.94. The molecule has 0 aliphatic carbocycles. The van der Waals surface area contributed by atoms with Crippen molar-refractivity contribution in [2.75, 3.05) is 18.6 Å². The summed E-state index contributed by atoms with van der Waals surface area (Å²) < 4.78 is 24.7. The Labute approximate surface area is 200 Å². The van der Waals surface area contributed by atoms with Crippen LogP contribution in [0.15, 0.2) is 72.3 Å². The van der Waals surface area contributed by atoms with E-state index in [0.717, 1.165) is 6.07 Å². The van der Waals surface area contributed by atoms with Gasteiger partial charge in [-0.1, -0.05) is 29.8 Å². The molecule has 1 aliphatic heterocycles. The average Bonchev–Trinajstić information content (AvgIpc) is 3.11. The molecule has 174 valence electrons. The number of halogens is 2. The molecule has 8 heteroatoms. The van der Waals surface area contributed by atoms with E-state index < -0.39 is 23.5 Å². The standard InChI is InChI=1S/C26H21ClFNO5/c1-3-34-17-11-8-15(9-12-17)24(30)22-23(18-6-4-5-7-21(18)33-2)29(26(32)25(22)31)16-10-13-20(28)19(27)14-16/h4-14,23,30H,3H2,1-2H3/b24-22+. The van der Waals surface area contributed by atoms with E-state index in [1.165, 1.54) is 24.1 Å². The molecule has 0 spiro atoms. The van der Waals surface area contributed by atoms with Crippen LogP contribution in [0.2, 0.25) is 5.02 Å². The van der Waals surface area contributed by atoms with Gasteiger partial charge in [0.05, 0.1) is 30.4 Å². The second-order valence-corrected chi connectivity index (χ2v) is 7.87. The Morgan fingerprint density at radius 2 is 1.79 bits per heavy atom. The molecule has 1 unspecified atom stereocenters. The van der Waals surface area contributed by atoms with Gasteiger partial charge in [-0.25, -0.2) is 4.39 Å². The van der Waals surface area contributed by atoms with E-state index in [0.29, 0.717) is 29.2 Å². The Morgan fingerprint density at radius 3 is 2.44 bits per heavy atom. The summed E-state index contributed by atoms with van der Waals surface area (Å²) in [6.07, 6.45) is 0. The van der Waals surface area contributed by atoms with Gasteiger partial charge in [-0.05, 0) is 55.5 Å². The molecule has 3 aromatic carbocycles. The molecule has 34 heavy (non-hydrogen) atoms. The van der Waals surface area contributed by atoms with E-state index in [1.54, 1.807) is 48.5 Å². The lowest BCUT2D eigenvalue weighted by Crippen LogP contribution is -2.29. The van der Waals surface area contributed by atoms with Crippen molar-refractivity contribution in [1.82, 2.24) is 0 Å². The van der Waals surface area contributed by atoms with Crippen molar-refractivity contribution >= 4 is 34.7 Å². The molecular formula is C26H21ClFNO5. The summed E-state index contributed by atoms with van der Waals surface area (Å²) >= 11 is 5.97. The topological polar surface area (TPSA) is 76.1 Å². The number of anilines is 1. The maximum absolute atomic E-state index is 13.8. The minimum Gasteiger partial charge on any atom is -0.507 e. The molecule has 0 radical (unpaired) electrons. The van der Waals surface area contributed by atoms with E-state index in [4.69, 9.17) is 21.1 Å². The number of ketones is 1. The lowest BCUT2D eigenvalue weighted by molar-refractivity contribution is -0.132. The van der Waals surface area contributed by atoms with Crippen LogP contribution in [0.3, 0.4) is 0 Å². The van der Waals surface area contributed by atoms with Crippen LogP contribution in [0.1, 0.15) is 24.1 Å². The Hall–Kier alpha value is -3.84. The fourth-order valence-electron chi connectivity index (χ4n) is 3.95. The Kier molecular flexibility index (Phi) is 6.56. The van der Waals surface area contributed by atoms with Crippen LogP contribution >= 0.6 is 11.6 Å². The van der Waals surface area contributed by atoms with Gasteiger partial charge < -0.3 is 14.6 Å². The number of carbonyl (C=O) groups excluding carboxylic acids is 2. The largest absolute Gasteiger partial charge is 0.507 e. The predicted octanol–water partition coefficient (Wildman–Crippen LogP) is 5.51. The number of hydrogen-bond donors (Lipinski definition) is 1. The highest BCUT2D eigenvalue weighted by Crippen LogP contribution is 2.45. The molecule has 0 aromatic heterocycles. The van der Waals surface area contributed by atoms with Crippen LogP contribution < -0.4 is 14.4 Å². The summed E-state index contributed by atoms with van der Waals surface area (Å²) in [5.74, 6) is -1.78. The summed E-state index contributed by atoms with van der Waals surface area (Å²) in [4.78, 5) is 27.6. The molecule has 1 amide bonds. The van der Waals surface area contributed by atoms with Crippen molar-refractivity contribution in [2.45, 2.75) is 13.0 Å². The summed E-state index contributed by atoms with van der Waals surface area (Å²) in [7, 11) is 1.46. The first-order valence-corrected chi connectivity index (χ1v) is 10.9. The highest BCUT2D eigenvalue weighted by atomic mass is 35.5. The summed E-state index contributed by atoms with van der Waals surface area (Å²) in [6, 6.07) is 16.1. The highest BCUT2D eigenvalue weighted by molar-refractivity contribution is 6.51. The lowest BCUT2D eigenvalue weighted by atomic mass is 9.94. The van der Waals surface area contributed by atoms with Crippen LogP contribution in [0, 0.1) is 5.82 Å². The summed E-state index contributed by atoms with van der Waals surface area (Å²) in [6.45, 7) is 2.33. The number of para-hydroxylation sites is 1. The van der Waals surface area contributed by atoms with Crippen molar-refractivity contribution in [1.29, 1.82) is 0 Å². The predicted molar refractivity (Wildman–Crippen MR) is 127 cm³/mol. The third-order valence-corrected chi connectivity index (χ3v) is 5.79. The zero-order chi connectivity index (χ0) is 24.4. The zero-order valence-electron chi connectivity index (χ0n) is 18.4. The molecule has 4 rings (SSSR count). The molecule has 1 aliphatic rings. The Morgan fingerprint density at radius 1 is 1.09 bits per heavy atom. The first kappa shape index (κ1) is 23.3. The van der Waals surface area contributed by atoms with Gasteiger partial charge in [-0.15, -0.1) is 0 Å². The van der Waals surface area contributed by atoms with Gasteiger partial charge in [0.25, 0.3) is 11.7 Å². The van der Waals surface area contributed by atoms with Crippen molar-refractivity contribution in [3.63, 3.8) is 0 Å². The molecule has 6 nitrogen and oxygen atoms in total. The van der Waals surface area contributed by atoms with Gasteiger partial charge in [0.15, 0.2) is 0 Å². The van der Waals surface area contributed by atoms with Gasteiger partial charge in [0.1, 0.15) is 23.1 Å². The first-order chi connectivity index (χ1) is 16.4. The molecule has 0 bridgehead atoms. The number of Topliss-reactive ketones (excluding diaryl/α,β-unsaturated/α-hetero) is 1. The number of aliphatic hydroxyl groups is 1. The number of ether oxygens (including phenoxy) is 2. The van der Waals surface area contributed by atoms with E-state index in [1.807, 2.05) is 6.92 Å². The van der Waals surface area contributed by atoms with Gasteiger partial charge >= 0.3 is 0 Å².